The molecule has 3 nitrogen and oxygen atoms in total. The minimum Gasteiger partial charge on any atom is -0.384 e. The topological polar surface area (TPSA) is 53.1 Å². The van der Waals surface area contributed by atoms with Gasteiger partial charge in [-0.2, -0.15) is 0 Å². The highest BCUT2D eigenvalue weighted by Crippen LogP contribution is 2.29. The van der Waals surface area contributed by atoms with Gasteiger partial charge in [-0.3, -0.25) is 5.41 Å². The van der Waals surface area contributed by atoms with E-state index in [0.717, 1.165) is 35.0 Å². The third kappa shape index (κ3) is 3.54. The molecule has 1 aliphatic heterocycles. The fourth-order valence-electron chi connectivity index (χ4n) is 2.97. The fourth-order valence-corrected chi connectivity index (χ4v) is 3.55. The first-order valence-electron chi connectivity index (χ1n) is 7.38. The number of anilines is 1. The molecule has 1 aromatic rings. The van der Waals surface area contributed by atoms with Gasteiger partial charge in [0.1, 0.15) is 5.84 Å². The van der Waals surface area contributed by atoms with Gasteiger partial charge in [-0.05, 0) is 65.2 Å². The van der Waals surface area contributed by atoms with Gasteiger partial charge < -0.3 is 10.6 Å². The van der Waals surface area contributed by atoms with E-state index in [4.69, 9.17) is 11.1 Å². The number of nitrogens with zero attached hydrogens (tertiary/aromatic N) is 1. The van der Waals surface area contributed by atoms with E-state index in [1.807, 2.05) is 6.07 Å². The summed E-state index contributed by atoms with van der Waals surface area (Å²) in [7, 11) is 0. The van der Waals surface area contributed by atoms with Gasteiger partial charge in [0.05, 0.1) is 0 Å². The monoisotopic (exact) mass is 337 g/mol. The van der Waals surface area contributed by atoms with Crippen LogP contribution in [0.25, 0.3) is 0 Å². The molecule has 110 valence electrons. The lowest BCUT2D eigenvalue weighted by Gasteiger charge is -2.24. The second-order valence-corrected chi connectivity index (χ2v) is 6.85. The number of hydrogen-bond donors (Lipinski definition) is 2. The molecule has 3 N–H and O–H groups in total. The molecule has 1 saturated heterocycles. The number of rotatable bonds is 3. The van der Waals surface area contributed by atoms with Crippen LogP contribution in [0.4, 0.5) is 5.69 Å². The third-order valence-electron chi connectivity index (χ3n) is 4.32. The van der Waals surface area contributed by atoms with Crippen LogP contribution in [0.3, 0.4) is 0 Å². The van der Waals surface area contributed by atoms with Gasteiger partial charge in [0, 0.05) is 28.8 Å². The number of amidine groups is 1. The van der Waals surface area contributed by atoms with Crippen LogP contribution in [0.2, 0.25) is 0 Å². The van der Waals surface area contributed by atoms with E-state index >= 15 is 0 Å². The van der Waals surface area contributed by atoms with Gasteiger partial charge in [0.15, 0.2) is 0 Å². The molecule has 1 aliphatic rings. The first kappa shape index (κ1) is 15.4. The summed E-state index contributed by atoms with van der Waals surface area (Å²) in [5.41, 5.74) is 7.55. The van der Waals surface area contributed by atoms with E-state index in [-0.39, 0.29) is 5.84 Å². The molecule has 1 atom stereocenters. The summed E-state index contributed by atoms with van der Waals surface area (Å²) in [4.78, 5) is 2.46. The van der Waals surface area contributed by atoms with Crippen molar-refractivity contribution in [2.75, 3.05) is 18.0 Å². The maximum atomic E-state index is 7.53. The van der Waals surface area contributed by atoms with Gasteiger partial charge in [-0.25, -0.2) is 0 Å². The largest absolute Gasteiger partial charge is 0.384 e. The number of halogens is 1. The SMILES string of the molecule is CC(C)C1CCCN(c2ccc(C(=N)N)c(Br)c2)CC1. The minimum atomic E-state index is 0.110. The summed E-state index contributed by atoms with van der Waals surface area (Å²) in [6.07, 6.45) is 3.86. The second kappa shape index (κ2) is 6.61. The Morgan fingerprint density at radius 2 is 2.10 bits per heavy atom. The highest BCUT2D eigenvalue weighted by atomic mass is 79.9. The summed E-state index contributed by atoms with van der Waals surface area (Å²) < 4.78 is 0.909. The Morgan fingerprint density at radius 1 is 1.35 bits per heavy atom. The van der Waals surface area contributed by atoms with Crippen molar-refractivity contribution in [3.05, 3.63) is 28.2 Å². The number of nitrogen functional groups attached to an aromatic ring is 1. The Hall–Kier alpha value is -1.03. The number of hydrogen-bond acceptors (Lipinski definition) is 2. The zero-order valence-electron chi connectivity index (χ0n) is 12.3. The van der Waals surface area contributed by atoms with Crippen LogP contribution in [0, 0.1) is 17.2 Å². The van der Waals surface area contributed by atoms with Crippen molar-refractivity contribution in [1.29, 1.82) is 5.41 Å². The molecule has 0 radical (unpaired) electrons. The Balaban J connectivity index is 2.12. The first-order chi connectivity index (χ1) is 9.49. The standard InChI is InChI=1S/C16H24BrN3/c1-11(2)12-4-3-8-20(9-7-12)13-5-6-14(16(18)19)15(17)10-13/h5-6,10-12H,3-4,7-9H2,1-2H3,(H3,18,19). The lowest BCUT2D eigenvalue weighted by Crippen LogP contribution is -2.24. The molecule has 0 amide bonds. The Morgan fingerprint density at radius 3 is 2.70 bits per heavy atom. The Kier molecular flexibility index (Phi) is 5.08. The number of nitrogens with two attached hydrogens (primary N) is 1. The molecule has 0 bridgehead atoms. The van der Waals surface area contributed by atoms with Gasteiger partial charge in [-0.1, -0.05) is 13.8 Å². The minimum absolute atomic E-state index is 0.110. The Bertz CT molecular complexity index is 485. The predicted octanol–water partition coefficient (Wildman–Crippen LogP) is 4.00. The van der Waals surface area contributed by atoms with Crippen molar-refractivity contribution < 1.29 is 0 Å². The van der Waals surface area contributed by atoms with Crippen LogP contribution < -0.4 is 10.6 Å². The van der Waals surface area contributed by atoms with E-state index < -0.39 is 0 Å². The summed E-state index contributed by atoms with van der Waals surface area (Å²) >= 11 is 3.52. The van der Waals surface area contributed by atoms with Crippen molar-refractivity contribution in [3.8, 4) is 0 Å². The van der Waals surface area contributed by atoms with Crippen molar-refractivity contribution in [3.63, 3.8) is 0 Å². The van der Waals surface area contributed by atoms with E-state index in [0.29, 0.717) is 0 Å². The van der Waals surface area contributed by atoms with E-state index in [1.165, 1.54) is 24.9 Å². The molecule has 1 aromatic carbocycles. The molecule has 0 aliphatic carbocycles. The molecule has 1 heterocycles. The molecule has 0 spiro atoms. The molecule has 0 aromatic heterocycles. The second-order valence-electron chi connectivity index (χ2n) is 6.00. The van der Waals surface area contributed by atoms with Crippen LogP contribution in [-0.4, -0.2) is 18.9 Å². The van der Waals surface area contributed by atoms with Crippen molar-refractivity contribution in [1.82, 2.24) is 0 Å². The smallest absolute Gasteiger partial charge is 0.123 e. The van der Waals surface area contributed by atoms with Crippen LogP contribution in [0.1, 0.15) is 38.7 Å². The number of nitrogens with one attached hydrogen (secondary N) is 1. The molecule has 1 fully saturated rings. The van der Waals surface area contributed by atoms with Crippen LogP contribution in [0.5, 0.6) is 0 Å². The van der Waals surface area contributed by atoms with Crippen LogP contribution in [-0.2, 0) is 0 Å². The molecular formula is C16H24BrN3. The first-order valence-corrected chi connectivity index (χ1v) is 8.17. The van der Waals surface area contributed by atoms with Gasteiger partial charge >= 0.3 is 0 Å². The average molecular weight is 338 g/mol. The summed E-state index contributed by atoms with van der Waals surface area (Å²) in [6.45, 7) is 6.90. The average Bonchev–Trinajstić information content (AvgIpc) is 2.63. The van der Waals surface area contributed by atoms with Crippen LogP contribution in [0.15, 0.2) is 22.7 Å². The van der Waals surface area contributed by atoms with Crippen molar-refractivity contribution >= 4 is 27.5 Å². The predicted molar refractivity (Wildman–Crippen MR) is 89.6 cm³/mol. The summed E-state index contributed by atoms with van der Waals surface area (Å²) in [5, 5.41) is 7.53. The normalized spacial score (nSPS) is 20.0. The van der Waals surface area contributed by atoms with E-state index in [2.05, 4.69) is 46.8 Å². The quantitative estimate of drug-likeness (QED) is 0.647. The van der Waals surface area contributed by atoms with Gasteiger partial charge in [0.2, 0.25) is 0 Å². The van der Waals surface area contributed by atoms with Crippen molar-refractivity contribution in [2.24, 2.45) is 17.6 Å². The third-order valence-corrected chi connectivity index (χ3v) is 4.98. The fraction of sp³-hybridized carbons (Fsp3) is 0.562. The molecule has 2 rings (SSSR count). The number of benzene rings is 1. The zero-order chi connectivity index (χ0) is 14.7. The lowest BCUT2D eigenvalue weighted by atomic mass is 9.89. The van der Waals surface area contributed by atoms with Gasteiger partial charge in [0.25, 0.3) is 0 Å². The Labute approximate surface area is 130 Å². The highest BCUT2D eigenvalue weighted by Gasteiger charge is 2.20. The molecule has 20 heavy (non-hydrogen) atoms. The summed E-state index contributed by atoms with van der Waals surface area (Å²) in [5.74, 6) is 1.74. The zero-order valence-corrected chi connectivity index (χ0v) is 13.9. The summed E-state index contributed by atoms with van der Waals surface area (Å²) in [6, 6.07) is 6.11. The highest BCUT2D eigenvalue weighted by molar-refractivity contribution is 9.10. The van der Waals surface area contributed by atoms with E-state index in [9.17, 15) is 0 Å². The van der Waals surface area contributed by atoms with Gasteiger partial charge in [-0.15, -0.1) is 0 Å². The lowest BCUT2D eigenvalue weighted by molar-refractivity contribution is 0.351. The maximum absolute atomic E-state index is 7.53. The molecule has 0 saturated carbocycles. The maximum Gasteiger partial charge on any atom is 0.123 e. The van der Waals surface area contributed by atoms with E-state index in [1.54, 1.807) is 0 Å². The van der Waals surface area contributed by atoms with Crippen molar-refractivity contribution in [2.45, 2.75) is 33.1 Å². The molecular weight excluding hydrogens is 314 g/mol. The molecule has 4 heteroatoms. The van der Waals surface area contributed by atoms with Crippen LogP contribution >= 0.6 is 15.9 Å². The molecule has 1 unspecified atom stereocenters.